The van der Waals surface area contributed by atoms with Crippen LogP contribution in [0.15, 0.2) is 42.5 Å². The van der Waals surface area contributed by atoms with Crippen LogP contribution >= 0.6 is 0 Å². The molecule has 0 radical (unpaired) electrons. The highest BCUT2D eigenvalue weighted by Gasteiger charge is 2.39. The number of carbonyl (C=O) groups is 2. The normalized spacial score (nSPS) is 14.9. The molecule has 6 nitrogen and oxygen atoms in total. The Labute approximate surface area is 171 Å². The van der Waals surface area contributed by atoms with E-state index in [4.69, 9.17) is 4.74 Å². The van der Waals surface area contributed by atoms with Crippen LogP contribution < -0.4 is 15.0 Å². The van der Waals surface area contributed by atoms with Crippen molar-refractivity contribution in [2.24, 2.45) is 0 Å². The summed E-state index contributed by atoms with van der Waals surface area (Å²) in [5, 5.41) is 13.5. The minimum atomic E-state index is -0.721. The minimum absolute atomic E-state index is 0.0557. The Hall–Kier alpha value is -2.70. The van der Waals surface area contributed by atoms with Gasteiger partial charge in [-0.2, -0.15) is 0 Å². The Morgan fingerprint density at radius 1 is 1.10 bits per heavy atom. The van der Waals surface area contributed by atoms with Crippen molar-refractivity contribution in [1.82, 2.24) is 5.32 Å². The number of amides is 1. The molecule has 3 rings (SSSR count). The highest BCUT2D eigenvalue weighted by atomic mass is 16.5. The van der Waals surface area contributed by atoms with E-state index in [2.05, 4.69) is 5.32 Å². The highest BCUT2D eigenvalue weighted by Crippen LogP contribution is 2.40. The first-order valence-electron chi connectivity index (χ1n) is 9.77. The van der Waals surface area contributed by atoms with Crippen LogP contribution in [0.4, 0.5) is 5.69 Å². The maximum Gasteiger partial charge on any atom is 0.299 e. The molecule has 6 heteroatoms. The van der Waals surface area contributed by atoms with Gasteiger partial charge in [-0.15, -0.1) is 0 Å². The van der Waals surface area contributed by atoms with Gasteiger partial charge < -0.3 is 15.2 Å². The van der Waals surface area contributed by atoms with E-state index in [1.807, 2.05) is 58.0 Å². The molecule has 1 aliphatic rings. The fraction of sp³-hybridized carbons (Fsp3) is 0.391. The average molecular weight is 396 g/mol. The molecule has 2 aromatic rings. The van der Waals surface area contributed by atoms with Crippen molar-refractivity contribution in [1.29, 1.82) is 0 Å². The molecule has 0 aliphatic carbocycles. The van der Waals surface area contributed by atoms with Crippen molar-refractivity contribution in [3.05, 3.63) is 59.2 Å². The number of fused-ring (bicyclic) bond motifs is 1. The first kappa shape index (κ1) is 21.0. The number of aryl methyl sites for hydroxylation is 1. The Kier molecular flexibility index (Phi) is 6.05. The Morgan fingerprint density at radius 2 is 1.79 bits per heavy atom. The molecule has 0 spiro atoms. The van der Waals surface area contributed by atoms with E-state index in [9.17, 15) is 14.7 Å². The summed E-state index contributed by atoms with van der Waals surface area (Å²) in [6.07, 6.45) is -0.721. The van der Waals surface area contributed by atoms with E-state index in [-0.39, 0.29) is 18.7 Å². The van der Waals surface area contributed by atoms with Gasteiger partial charge in [0.05, 0.1) is 17.8 Å². The zero-order chi connectivity index (χ0) is 21.2. The standard InChI is InChI=1S/C23H28N2O4/c1-15-10-11-18(29-14-17(26)12-24-23(2,3)4)20-19(15)21(27)22(28)25(20)13-16-8-6-5-7-9-16/h5-11,17,24,26H,12-14H2,1-4H3. The van der Waals surface area contributed by atoms with Crippen molar-refractivity contribution in [2.75, 3.05) is 18.1 Å². The molecule has 0 fully saturated rings. The molecule has 1 heterocycles. The SMILES string of the molecule is Cc1ccc(OCC(O)CNC(C)(C)C)c2c1C(=O)C(=O)N2Cc1ccccc1. The number of nitrogens with zero attached hydrogens (tertiary/aromatic N) is 1. The van der Waals surface area contributed by atoms with Gasteiger partial charge in [0.1, 0.15) is 18.5 Å². The summed E-state index contributed by atoms with van der Waals surface area (Å²) in [7, 11) is 0. The maximum atomic E-state index is 12.7. The Balaban J connectivity index is 1.83. The number of Topliss-reactive ketones (excluding diaryl/α,β-unsaturated/α-hetero) is 1. The fourth-order valence-corrected chi connectivity index (χ4v) is 3.26. The number of β-amino-alcohol motifs (C(OH)–C–C–N with tert-alkyl or cyclic N) is 1. The van der Waals surface area contributed by atoms with Crippen LogP contribution in [0.5, 0.6) is 5.75 Å². The number of benzene rings is 2. The van der Waals surface area contributed by atoms with Crippen LogP contribution in [0, 0.1) is 6.92 Å². The summed E-state index contributed by atoms with van der Waals surface area (Å²) in [6.45, 7) is 8.59. The number of aliphatic hydroxyl groups is 1. The van der Waals surface area contributed by atoms with Crippen molar-refractivity contribution < 1.29 is 19.4 Å². The lowest BCUT2D eigenvalue weighted by Crippen LogP contribution is -2.42. The molecule has 1 amide bonds. The lowest BCUT2D eigenvalue weighted by Gasteiger charge is -2.24. The van der Waals surface area contributed by atoms with Crippen LogP contribution in [0.25, 0.3) is 0 Å². The van der Waals surface area contributed by atoms with E-state index in [0.717, 1.165) is 11.1 Å². The average Bonchev–Trinajstić information content (AvgIpc) is 2.92. The topological polar surface area (TPSA) is 78.9 Å². The van der Waals surface area contributed by atoms with Gasteiger partial charge in [-0.1, -0.05) is 36.4 Å². The first-order valence-corrected chi connectivity index (χ1v) is 9.77. The minimum Gasteiger partial charge on any atom is -0.489 e. The number of hydrogen-bond donors (Lipinski definition) is 2. The second-order valence-electron chi connectivity index (χ2n) is 8.41. The van der Waals surface area contributed by atoms with Gasteiger partial charge in [-0.05, 0) is 44.9 Å². The van der Waals surface area contributed by atoms with Gasteiger partial charge in [0.25, 0.3) is 11.7 Å². The number of anilines is 1. The number of rotatable bonds is 7. The molecule has 2 aromatic carbocycles. The number of aliphatic hydroxyl groups excluding tert-OH is 1. The van der Waals surface area contributed by atoms with Crippen LogP contribution in [-0.2, 0) is 11.3 Å². The van der Waals surface area contributed by atoms with Gasteiger partial charge in [-0.3, -0.25) is 14.5 Å². The third-order valence-electron chi connectivity index (χ3n) is 4.77. The number of nitrogens with one attached hydrogen (secondary N) is 1. The lowest BCUT2D eigenvalue weighted by molar-refractivity contribution is -0.114. The zero-order valence-corrected chi connectivity index (χ0v) is 17.4. The highest BCUT2D eigenvalue weighted by molar-refractivity contribution is 6.52. The van der Waals surface area contributed by atoms with Gasteiger partial charge in [0.2, 0.25) is 0 Å². The van der Waals surface area contributed by atoms with E-state index in [1.54, 1.807) is 12.1 Å². The van der Waals surface area contributed by atoms with Crippen LogP contribution in [0.1, 0.15) is 42.3 Å². The second-order valence-corrected chi connectivity index (χ2v) is 8.41. The molecule has 0 saturated carbocycles. The molecular weight excluding hydrogens is 368 g/mol. The number of ketones is 1. The molecule has 1 unspecified atom stereocenters. The third kappa shape index (κ3) is 4.83. The van der Waals surface area contributed by atoms with Gasteiger partial charge in [0.15, 0.2) is 0 Å². The van der Waals surface area contributed by atoms with Crippen molar-refractivity contribution in [3.8, 4) is 5.75 Å². The van der Waals surface area contributed by atoms with E-state index in [1.165, 1.54) is 4.90 Å². The quantitative estimate of drug-likeness (QED) is 0.704. The Morgan fingerprint density at radius 3 is 2.45 bits per heavy atom. The van der Waals surface area contributed by atoms with E-state index >= 15 is 0 Å². The molecule has 1 aliphatic heterocycles. The number of ether oxygens (including phenoxy) is 1. The molecule has 1 atom stereocenters. The summed E-state index contributed by atoms with van der Waals surface area (Å²) in [4.78, 5) is 26.8. The molecule has 2 N–H and O–H groups in total. The molecular formula is C23H28N2O4. The van der Waals surface area contributed by atoms with Crippen molar-refractivity contribution in [2.45, 2.75) is 45.9 Å². The monoisotopic (exact) mass is 396 g/mol. The van der Waals surface area contributed by atoms with Crippen molar-refractivity contribution in [3.63, 3.8) is 0 Å². The van der Waals surface area contributed by atoms with E-state index in [0.29, 0.717) is 23.5 Å². The molecule has 154 valence electrons. The predicted octanol–water partition coefficient (Wildman–Crippen LogP) is 2.85. The summed E-state index contributed by atoms with van der Waals surface area (Å²) < 4.78 is 5.86. The summed E-state index contributed by atoms with van der Waals surface area (Å²) >= 11 is 0. The lowest BCUT2D eigenvalue weighted by atomic mass is 10.0. The summed E-state index contributed by atoms with van der Waals surface area (Å²) in [5.74, 6) is -0.651. The fourth-order valence-electron chi connectivity index (χ4n) is 3.26. The molecule has 29 heavy (non-hydrogen) atoms. The molecule has 0 aromatic heterocycles. The van der Waals surface area contributed by atoms with Gasteiger partial charge in [0, 0.05) is 12.1 Å². The predicted molar refractivity (Wildman–Crippen MR) is 112 cm³/mol. The smallest absolute Gasteiger partial charge is 0.299 e. The van der Waals surface area contributed by atoms with E-state index < -0.39 is 17.8 Å². The van der Waals surface area contributed by atoms with Crippen molar-refractivity contribution >= 4 is 17.4 Å². The summed E-state index contributed by atoms with van der Waals surface area (Å²) in [5.41, 5.74) is 2.40. The second kappa shape index (κ2) is 8.35. The van der Waals surface area contributed by atoms with Crippen LogP contribution in [0.2, 0.25) is 0 Å². The van der Waals surface area contributed by atoms with Crippen LogP contribution in [0.3, 0.4) is 0 Å². The molecule has 0 saturated heterocycles. The van der Waals surface area contributed by atoms with Crippen LogP contribution in [-0.4, -0.2) is 41.6 Å². The van der Waals surface area contributed by atoms with Gasteiger partial charge in [-0.25, -0.2) is 0 Å². The molecule has 0 bridgehead atoms. The number of carbonyl (C=O) groups excluding carboxylic acids is 2. The Bertz CT molecular complexity index is 903. The first-order chi connectivity index (χ1) is 13.7. The summed E-state index contributed by atoms with van der Waals surface area (Å²) in [6, 6.07) is 13.0. The zero-order valence-electron chi connectivity index (χ0n) is 17.4. The van der Waals surface area contributed by atoms with Gasteiger partial charge >= 0.3 is 0 Å². The third-order valence-corrected chi connectivity index (χ3v) is 4.77. The maximum absolute atomic E-state index is 12.7. The largest absolute Gasteiger partial charge is 0.489 e. The number of hydrogen-bond acceptors (Lipinski definition) is 5.